The molecule has 0 aliphatic rings. The van der Waals surface area contributed by atoms with Crippen LogP contribution in [0.2, 0.25) is 0 Å². The third kappa shape index (κ3) is 5.42. The summed E-state index contributed by atoms with van der Waals surface area (Å²) in [4.78, 5) is 42.5. The fourth-order valence-electron chi connectivity index (χ4n) is 3.63. The molecule has 12 nitrogen and oxygen atoms in total. The van der Waals surface area contributed by atoms with Crippen LogP contribution in [-0.4, -0.2) is 71.9 Å². The van der Waals surface area contributed by atoms with Crippen molar-refractivity contribution in [2.45, 2.75) is 45.6 Å². The first-order valence-corrected chi connectivity index (χ1v) is 11.0. The van der Waals surface area contributed by atoms with Gasteiger partial charge in [0.2, 0.25) is 0 Å². The Labute approximate surface area is 205 Å². The first-order chi connectivity index (χ1) is 17.0. The Balaban J connectivity index is 2.10. The van der Waals surface area contributed by atoms with Crippen molar-refractivity contribution >= 4 is 28.5 Å². The minimum Gasteiger partial charge on any atom is -0.394 e. The average molecular weight is 501 g/mol. The van der Waals surface area contributed by atoms with Crippen molar-refractivity contribution < 1.29 is 35.2 Å². The molecule has 0 spiro atoms. The summed E-state index contributed by atoms with van der Waals surface area (Å²) in [6.07, 6.45) is -5.04. The maximum atomic E-state index is 13.4. The van der Waals surface area contributed by atoms with Crippen LogP contribution in [0, 0.1) is 20.8 Å². The van der Waals surface area contributed by atoms with Crippen LogP contribution in [-0.2, 0) is 6.54 Å². The Hall–Kier alpha value is -3.68. The van der Waals surface area contributed by atoms with Gasteiger partial charge < -0.3 is 30.3 Å². The molecule has 36 heavy (non-hydrogen) atoms. The quantitative estimate of drug-likeness (QED) is 0.161. The number of nitrogens with one attached hydrogen (secondary N) is 2. The smallest absolute Gasteiger partial charge is 0.282 e. The van der Waals surface area contributed by atoms with Crippen molar-refractivity contribution in [2.24, 2.45) is 0 Å². The van der Waals surface area contributed by atoms with Crippen LogP contribution in [0.3, 0.4) is 0 Å². The van der Waals surface area contributed by atoms with Crippen molar-refractivity contribution in [3.8, 4) is 0 Å². The lowest BCUT2D eigenvalue weighted by Gasteiger charge is -2.23. The highest BCUT2D eigenvalue weighted by molar-refractivity contribution is 6.05. The third-order valence-electron chi connectivity index (χ3n) is 5.97. The number of hydroxylamine groups is 1. The summed E-state index contributed by atoms with van der Waals surface area (Å²) in [6, 6.07) is 7.63. The van der Waals surface area contributed by atoms with E-state index in [4.69, 9.17) is 10.3 Å². The standard InChI is InChI=1S/C24H28N4O8/c1-11-4-5-14(22(33)27-36)8-15(11)26-23(34)20-24(35)28(9-18(30)21(32)19(31)10-29)17-7-13(3)12(2)6-16(17)25-20/h4-8,18-19,21,29-32,36H,9-10H2,1-3H3,(H,26,34)(H,27,33). The number of rotatable bonds is 8. The second kappa shape index (κ2) is 10.9. The van der Waals surface area contributed by atoms with E-state index in [1.165, 1.54) is 17.6 Å². The van der Waals surface area contributed by atoms with Gasteiger partial charge in [0.15, 0.2) is 5.69 Å². The predicted octanol–water partition coefficient (Wildman–Crippen LogP) is -0.232. The molecule has 7 N–H and O–H groups in total. The molecule has 2 aromatic carbocycles. The summed E-state index contributed by atoms with van der Waals surface area (Å²) in [7, 11) is 0. The van der Waals surface area contributed by atoms with Gasteiger partial charge in [-0.2, -0.15) is 0 Å². The van der Waals surface area contributed by atoms with Gasteiger partial charge in [-0.15, -0.1) is 0 Å². The molecule has 0 fully saturated rings. The molecule has 0 saturated heterocycles. The first-order valence-electron chi connectivity index (χ1n) is 11.0. The number of amides is 2. The number of carbonyl (C=O) groups is 2. The number of carbonyl (C=O) groups excluding carboxylic acids is 2. The van der Waals surface area contributed by atoms with E-state index in [-0.39, 0.29) is 16.8 Å². The van der Waals surface area contributed by atoms with Gasteiger partial charge in [0.05, 0.1) is 24.2 Å². The maximum absolute atomic E-state index is 13.4. The molecule has 3 aromatic rings. The minimum atomic E-state index is -1.75. The minimum absolute atomic E-state index is 0.0629. The molecular weight excluding hydrogens is 472 g/mol. The van der Waals surface area contributed by atoms with Crippen molar-refractivity contribution in [3.63, 3.8) is 0 Å². The number of aliphatic hydroxyl groups is 4. The van der Waals surface area contributed by atoms with E-state index in [0.29, 0.717) is 11.1 Å². The molecule has 0 aliphatic heterocycles. The number of hydrogen-bond donors (Lipinski definition) is 7. The number of aromatic nitrogens is 2. The molecular formula is C24H28N4O8. The van der Waals surface area contributed by atoms with Gasteiger partial charge >= 0.3 is 0 Å². The highest BCUT2D eigenvalue weighted by atomic mass is 16.5. The van der Waals surface area contributed by atoms with E-state index in [0.717, 1.165) is 15.7 Å². The van der Waals surface area contributed by atoms with Crippen molar-refractivity contribution in [1.29, 1.82) is 0 Å². The van der Waals surface area contributed by atoms with Gasteiger partial charge in [-0.1, -0.05) is 6.07 Å². The Morgan fingerprint density at radius 3 is 2.28 bits per heavy atom. The summed E-state index contributed by atoms with van der Waals surface area (Å²) in [5.74, 6) is -1.68. The number of benzene rings is 2. The van der Waals surface area contributed by atoms with Crippen LogP contribution >= 0.6 is 0 Å². The Bertz CT molecular complexity index is 1370. The molecule has 3 rings (SSSR count). The first kappa shape index (κ1) is 26.9. The monoisotopic (exact) mass is 500 g/mol. The Morgan fingerprint density at radius 1 is 0.972 bits per heavy atom. The molecule has 1 aromatic heterocycles. The number of aryl methyl sites for hydroxylation is 3. The average Bonchev–Trinajstić information content (AvgIpc) is 2.86. The molecule has 1 heterocycles. The normalized spacial score (nSPS) is 13.8. The van der Waals surface area contributed by atoms with Crippen molar-refractivity contribution in [3.05, 3.63) is 68.6 Å². The van der Waals surface area contributed by atoms with Crippen LogP contribution in [0.15, 0.2) is 35.1 Å². The van der Waals surface area contributed by atoms with Crippen LogP contribution in [0.5, 0.6) is 0 Å². The SMILES string of the molecule is Cc1cc2nc(C(=O)Nc3cc(C(=O)NO)ccc3C)c(=O)n(CC(O)C(O)C(O)CO)c2cc1C. The molecule has 12 heteroatoms. The van der Waals surface area contributed by atoms with Crippen LogP contribution in [0.25, 0.3) is 11.0 Å². The molecule has 0 aliphatic carbocycles. The second-order valence-corrected chi connectivity index (χ2v) is 8.53. The number of aliphatic hydroxyl groups excluding tert-OH is 4. The number of fused-ring (bicyclic) bond motifs is 1. The van der Waals surface area contributed by atoms with Gasteiger partial charge in [0, 0.05) is 11.3 Å². The number of nitrogens with zero attached hydrogens (tertiary/aromatic N) is 2. The number of hydrogen-bond acceptors (Lipinski definition) is 9. The maximum Gasteiger partial charge on any atom is 0.282 e. The van der Waals surface area contributed by atoms with E-state index in [1.54, 1.807) is 25.1 Å². The summed E-state index contributed by atoms with van der Waals surface area (Å²) in [5, 5.41) is 50.7. The molecule has 0 saturated carbocycles. The van der Waals surface area contributed by atoms with Crippen LogP contribution in [0.1, 0.15) is 37.5 Å². The van der Waals surface area contributed by atoms with Crippen molar-refractivity contribution in [1.82, 2.24) is 15.0 Å². The molecule has 3 unspecified atom stereocenters. The van der Waals surface area contributed by atoms with E-state index in [1.807, 2.05) is 13.8 Å². The van der Waals surface area contributed by atoms with E-state index in [9.17, 15) is 29.7 Å². The molecule has 0 radical (unpaired) electrons. The Kier molecular flexibility index (Phi) is 8.17. The lowest BCUT2D eigenvalue weighted by atomic mass is 10.1. The molecule has 2 amide bonds. The van der Waals surface area contributed by atoms with Crippen LogP contribution < -0.4 is 16.4 Å². The zero-order chi connectivity index (χ0) is 26.7. The van der Waals surface area contributed by atoms with Gasteiger partial charge in [-0.3, -0.25) is 19.6 Å². The molecule has 3 atom stereocenters. The zero-order valence-electron chi connectivity index (χ0n) is 19.9. The fourth-order valence-corrected chi connectivity index (χ4v) is 3.63. The lowest BCUT2D eigenvalue weighted by molar-refractivity contribution is -0.0805. The van der Waals surface area contributed by atoms with Crippen LogP contribution in [0.4, 0.5) is 5.69 Å². The summed E-state index contributed by atoms with van der Waals surface area (Å²) < 4.78 is 1.07. The predicted molar refractivity (Wildman–Crippen MR) is 129 cm³/mol. The zero-order valence-corrected chi connectivity index (χ0v) is 19.9. The summed E-state index contributed by atoms with van der Waals surface area (Å²) in [6.45, 7) is 4.00. The fraction of sp³-hybridized carbons (Fsp3) is 0.333. The van der Waals surface area contributed by atoms with Crippen molar-refractivity contribution in [2.75, 3.05) is 11.9 Å². The summed E-state index contributed by atoms with van der Waals surface area (Å²) in [5.41, 5.74) is 3.19. The Morgan fingerprint density at radius 2 is 1.64 bits per heavy atom. The van der Waals surface area contributed by atoms with E-state index in [2.05, 4.69) is 10.3 Å². The molecule has 192 valence electrons. The van der Waals surface area contributed by atoms with E-state index < -0.39 is 54.5 Å². The van der Waals surface area contributed by atoms with Gasteiger partial charge in [0.1, 0.15) is 18.3 Å². The second-order valence-electron chi connectivity index (χ2n) is 8.53. The largest absolute Gasteiger partial charge is 0.394 e. The lowest BCUT2D eigenvalue weighted by Crippen LogP contribution is -2.44. The summed E-state index contributed by atoms with van der Waals surface area (Å²) >= 11 is 0. The number of anilines is 1. The highest BCUT2D eigenvalue weighted by Crippen LogP contribution is 2.20. The third-order valence-corrected chi connectivity index (χ3v) is 5.97. The van der Waals surface area contributed by atoms with Gasteiger partial charge in [-0.25, -0.2) is 10.5 Å². The highest BCUT2D eigenvalue weighted by Gasteiger charge is 2.27. The van der Waals surface area contributed by atoms with E-state index >= 15 is 0 Å². The molecule has 0 bridgehead atoms. The topological polar surface area (TPSA) is 194 Å². The van der Waals surface area contributed by atoms with Gasteiger partial charge in [-0.05, 0) is 61.7 Å². The van der Waals surface area contributed by atoms with Gasteiger partial charge in [0.25, 0.3) is 17.4 Å².